The second-order valence-electron chi connectivity index (χ2n) is 5.74. The number of nitrogens with one attached hydrogen (secondary N) is 1. The molecule has 0 aliphatic rings. The molecular weight excluding hydrogens is 302 g/mol. The summed E-state index contributed by atoms with van der Waals surface area (Å²) < 4.78 is 5.45. The highest BCUT2D eigenvalue weighted by atomic mass is 16.5. The van der Waals surface area contributed by atoms with Crippen LogP contribution >= 0.6 is 0 Å². The zero-order valence-electron chi connectivity index (χ0n) is 14.1. The molecule has 24 heavy (non-hydrogen) atoms. The number of ether oxygens (including phenoxy) is 1. The highest BCUT2D eigenvalue weighted by Gasteiger charge is 2.24. The minimum absolute atomic E-state index is 0.317. The molecule has 1 amide bonds. The molecule has 126 valence electrons. The molecule has 1 atom stereocenters. The Morgan fingerprint density at radius 1 is 1.04 bits per heavy atom. The van der Waals surface area contributed by atoms with E-state index in [4.69, 9.17) is 4.74 Å². The zero-order chi connectivity index (χ0) is 17.4. The van der Waals surface area contributed by atoms with Crippen LogP contribution in [0.15, 0.2) is 54.6 Å². The third kappa shape index (κ3) is 5.23. The highest BCUT2D eigenvalue weighted by Crippen LogP contribution is 2.21. The van der Waals surface area contributed by atoms with Crippen molar-refractivity contribution in [3.8, 4) is 0 Å². The van der Waals surface area contributed by atoms with E-state index in [1.54, 1.807) is 12.1 Å². The first-order valence-corrected chi connectivity index (χ1v) is 8.22. The number of carbonyl (C=O) groups excluding carboxylic acids is 2. The molecule has 0 bridgehead atoms. The van der Waals surface area contributed by atoms with Gasteiger partial charge in [-0.1, -0.05) is 61.4 Å². The molecule has 2 aromatic carbocycles. The fourth-order valence-corrected chi connectivity index (χ4v) is 2.26. The van der Waals surface area contributed by atoms with Gasteiger partial charge in [-0.05, 0) is 25.5 Å². The summed E-state index contributed by atoms with van der Waals surface area (Å²) in [5.74, 6) is -0.709. The third-order valence-electron chi connectivity index (χ3n) is 3.64. The molecule has 4 nitrogen and oxygen atoms in total. The maximum Gasteiger partial charge on any atom is 0.306 e. The molecular formula is C20H23NO3. The molecule has 0 fully saturated rings. The van der Waals surface area contributed by atoms with Crippen molar-refractivity contribution in [3.63, 3.8) is 0 Å². The van der Waals surface area contributed by atoms with E-state index in [0.29, 0.717) is 17.7 Å². The van der Waals surface area contributed by atoms with Crippen LogP contribution in [0, 0.1) is 6.92 Å². The van der Waals surface area contributed by atoms with Gasteiger partial charge < -0.3 is 10.1 Å². The molecule has 0 unspecified atom stereocenters. The van der Waals surface area contributed by atoms with Gasteiger partial charge in [-0.15, -0.1) is 0 Å². The number of hydrogen-bond donors (Lipinski definition) is 1. The van der Waals surface area contributed by atoms with Crippen molar-refractivity contribution in [2.75, 3.05) is 5.32 Å². The number of aryl methyl sites for hydroxylation is 1. The van der Waals surface area contributed by atoms with Crippen LogP contribution in [-0.2, 0) is 14.3 Å². The average Bonchev–Trinajstić information content (AvgIpc) is 2.60. The topological polar surface area (TPSA) is 55.4 Å². The fourth-order valence-electron chi connectivity index (χ4n) is 2.26. The quantitative estimate of drug-likeness (QED) is 0.767. The predicted octanol–water partition coefficient (Wildman–Crippen LogP) is 4.41. The maximum atomic E-state index is 12.6. The van der Waals surface area contributed by atoms with Gasteiger partial charge in [0.05, 0.1) is 0 Å². The number of rotatable bonds is 7. The van der Waals surface area contributed by atoms with Gasteiger partial charge in [0.1, 0.15) is 0 Å². The average molecular weight is 325 g/mol. The van der Waals surface area contributed by atoms with E-state index in [-0.39, 0.29) is 11.9 Å². The molecule has 4 heteroatoms. The van der Waals surface area contributed by atoms with Gasteiger partial charge in [-0.2, -0.15) is 0 Å². The van der Waals surface area contributed by atoms with Crippen molar-refractivity contribution in [1.82, 2.24) is 0 Å². The van der Waals surface area contributed by atoms with Crippen molar-refractivity contribution in [2.45, 2.75) is 39.2 Å². The molecule has 0 heterocycles. The molecule has 2 aromatic rings. The van der Waals surface area contributed by atoms with Crippen LogP contribution in [0.3, 0.4) is 0 Å². The molecule has 0 aliphatic carbocycles. The lowest BCUT2D eigenvalue weighted by Gasteiger charge is -2.18. The normalized spacial score (nSPS) is 11.6. The lowest BCUT2D eigenvalue weighted by Crippen LogP contribution is -2.25. The van der Waals surface area contributed by atoms with Crippen LogP contribution in [0.1, 0.15) is 43.4 Å². The van der Waals surface area contributed by atoms with E-state index in [2.05, 4.69) is 5.32 Å². The van der Waals surface area contributed by atoms with E-state index >= 15 is 0 Å². The van der Waals surface area contributed by atoms with Gasteiger partial charge in [0.15, 0.2) is 0 Å². The summed E-state index contributed by atoms with van der Waals surface area (Å²) in [7, 11) is 0. The van der Waals surface area contributed by atoms with Crippen LogP contribution in [0.2, 0.25) is 0 Å². The minimum atomic E-state index is -0.947. The van der Waals surface area contributed by atoms with Crippen molar-refractivity contribution in [3.05, 3.63) is 65.7 Å². The Bertz CT molecular complexity index is 665. The largest absolute Gasteiger partial charge is 0.447 e. The van der Waals surface area contributed by atoms with E-state index < -0.39 is 6.10 Å². The summed E-state index contributed by atoms with van der Waals surface area (Å²) in [6, 6.07) is 16.6. The Morgan fingerprint density at radius 2 is 1.71 bits per heavy atom. The van der Waals surface area contributed by atoms with Gasteiger partial charge in [-0.25, -0.2) is 0 Å². The van der Waals surface area contributed by atoms with E-state index in [9.17, 15) is 9.59 Å². The van der Waals surface area contributed by atoms with Crippen molar-refractivity contribution >= 4 is 17.6 Å². The summed E-state index contributed by atoms with van der Waals surface area (Å²) in [6.07, 6.45) is 1.02. The Hall–Kier alpha value is -2.62. The molecule has 0 saturated heterocycles. The van der Waals surface area contributed by atoms with Crippen molar-refractivity contribution in [2.24, 2.45) is 0 Å². The number of hydrogen-bond acceptors (Lipinski definition) is 3. The SMILES string of the molecule is CCCCC(=O)O[C@@H](C(=O)Nc1ccc(C)cc1)c1ccccc1. The first-order valence-electron chi connectivity index (χ1n) is 8.22. The van der Waals surface area contributed by atoms with Crippen LogP contribution in [0.4, 0.5) is 5.69 Å². The molecule has 0 aliphatic heterocycles. The number of carbonyl (C=O) groups is 2. The lowest BCUT2D eigenvalue weighted by atomic mass is 10.1. The first-order chi connectivity index (χ1) is 11.6. The van der Waals surface area contributed by atoms with Gasteiger partial charge in [-0.3, -0.25) is 9.59 Å². The summed E-state index contributed by atoms with van der Waals surface area (Å²) >= 11 is 0. The van der Waals surface area contributed by atoms with Crippen LogP contribution in [0.25, 0.3) is 0 Å². The van der Waals surface area contributed by atoms with Gasteiger partial charge in [0.25, 0.3) is 5.91 Å². The zero-order valence-corrected chi connectivity index (χ0v) is 14.1. The summed E-state index contributed by atoms with van der Waals surface area (Å²) in [4.78, 5) is 24.6. The number of anilines is 1. The molecule has 0 aromatic heterocycles. The number of esters is 1. The van der Waals surface area contributed by atoms with Gasteiger partial charge in [0.2, 0.25) is 6.10 Å². The predicted molar refractivity (Wildman–Crippen MR) is 94.6 cm³/mol. The summed E-state index contributed by atoms with van der Waals surface area (Å²) in [6.45, 7) is 3.99. The third-order valence-corrected chi connectivity index (χ3v) is 3.64. The van der Waals surface area contributed by atoms with Crippen LogP contribution in [0.5, 0.6) is 0 Å². The van der Waals surface area contributed by atoms with E-state index in [1.165, 1.54) is 0 Å². The second-order valence-corrected chi connectivity index (χ2v) is 5.74. The molecule has 2 rings (SSSR count). The fraction of sp³-hybridized carbons (Fsp3) is 0.300. The van der Waals surface area contributed by atoms with Crippen LogP contribution in [-0.4, -0.2) is 11.9 Å². The Labute approximate surface area is 142 Å². The van der Waals surface area contributed by atoms with Gasteiger partial charge >= 0.3 is 5.97 Å². The monoisotopic (exact) mass is 325 g/mol. The lowest BCUT2D eigenvalue weighted by molar-refractivity contribution is -0.154. The standard InChI is InChI=1S/C20H23NO3/c1-3-4-10-18(22)24-19(16-8-6-5-7-9-16)20(23)21-17-13-11-15(2)12-14-17/h5-9,11-14,19H,3-4,10H2,1-2H3,(H,21,23)/t19-/m1/s1. The van der Waals surface area contributed by atoms with Crippen molar-refractivity contribution in [1.29, 1.82) is 0 Å². The Balaban J connectivity index is 2.13. The van der Waals surface area contributed by atoms with E-state index in [1.807, 2.05) is 56.3 Å². The number of amides is 1. The second kappa shape index (κ2) is 8.87. The van der Waals surface area contributed by atoms with Crippen molar-refractivity contribution < 1.29 is 14.3 Å². The van der Waals surface area contributed by atoms with Crippen LogP contribution < -0.4 is 5.32 Å². The molecule has 1 N–H and O–H groups in total. The number of unbranched alkanes of at least 4 members (excludes halogenated alkanes) is 1. The van der Waals surface area contributed by atoms with E-state index in [0.717, 1.165) is 18.4 Å². The molecule has 0 spiro atoms. The highest BCUT2D eigenvalue weighted by molar-refractivity contribution is 5.96. The number of benzene rings is 2. The summed E-state index contributed by atoms with van der Waals surface area (Å²) in [5.41, 5.74) is 2.45. The Morgan fingerprint density at radius 3 is 2.33 bits per heavy atom. The smallest absolute Gasteiger partial charge is 0.306 e. The van der Waals surface area contributed by atoms with Gasteiger partial charge in [0, 0.05) is 17.7 Å². The molecule has 0 saturated carbocycles. The summed E-state index contributed by atoms with van der Waals surface area (Å²) in [5, 5.41) is 2.81. The Kier molecular flexibility index (Phi) is 6.55. The minimum Gasteiger partial charge on any atom is -0.447 e. The maximum absolute atomic E-state index is 12.6. The first kappa shape index (κ1) is 17.7. The molecule has 0 radical (unpaired) electrons.